The van der Waals surface area contributed by atoms with Crippen LogP contribution in [0.15, 0.2) is 54.7 Å². The summed E-state index contributed by atoms with van der Waals surface area (Å²) in [6.45, 7) is 6.21. The molecule has 1 aliphatic heterocycles. The van der Waals surface area contributed by atoms with Gasteiger partial charge in [0.2, 0.25) is 0 Å². The van der Waals surface area contributed by atoms with Crippen molar-refractivity contribution in [2.45, 2.75) is 32.2 Å². The van der Waals surface area contributed by atoms with Gasteiger partial charge in [-0.25, -0.2) is 0 Å². The van der Waals surface area contributed by atoms with E-state index in [9.17, 15) is 4.79 Å². The number of rotatable bonds is 10. The number of hydrogen-bond acceptors (Lipinski definition) is 4. The third-order valence-electron chi connectivity index (χ3n) is 6.38. The average Bonchev–Trinajstić information content (AvgIpc) is 3.17. The Labute approximate surface area is 190 Å². The molecule has 1 fully saturated rings. The lowest BCUT2D eigenvalue weighted by Gasteiger charge is -2.36. The van der Waals surface area contributed by atoms with Gasteiger partial charge in [-0.2, -0.15) is 0 Å². The first kappa shape index (κ1) is 22.2. The highest BCUT2D eigenvalue weighted by Gasteiger charge is 2.19. The Morgan fingerprint density at radius 3 is 2.50 bits per heavy atom. The molecule has 1 saturated heterocycles. The number of hydrogen-bond donors (Lipinski definition) is 1. The van der Waals surface area contributed by atoms with Crippen LogP contribution in [0.4, 0.5) is 5.69 Å². The van der Waals surface area contributed by atoms with E-state index < -0.39 is 5.97 Å². The van der Waals surface area contributed by atoms with Gasteiger partial charge in [0, 0.05) is 56.2 Å². The lowest BCUT2D eigenvalue weighted by atomic mass is 10.1. The fraction of sp³-hybridized carbons (Fsp3) is 0.423. The molecule has 0 unspecified atom stereocenters. The highest BCUT2D eigenvalue weighted by molar-refractivity contribution is 5.84. The second-order valence-electron chi connectivity index (χ2n) is 8.47. The SMILES string of the molecule is COc1ccccc1N1CCN(CCCn2cc(CCCC(=O)O)c3ccccc32)CC1. The zero-order valence-electron chi connectivity index (χ0n) is 18.9. The largest absolute Gasteiger partial charge is 0.495 e. The van der Waals surface area contributed by atoms with Crippen LogP contribution in [0.3, 0.4) is 0 Å². The topological polar surface area (TPSA) is 57.9 Å². The summed E-state index contributed by atoms with van der Waals surface area (Å²) in [5.74, 6) is 0.221. The molecule has 4 rings (SSSR count). The summed E-state index contributed by atoms with van der Waals surface area (Å²) in [4.78, 5) is 15.8. The van der Waals surface area contributed by atoms with E-state index in [1.165, 1.54) is 22.2 Å². The van der Waals surface area contributed by atoms with Crippen molar-refractivity contribution in [1.82, 2.24) is 9.47 Å². The van der Waals surface area contributed by atoms with Gasteiger partial charge in [-0.05, 0) is 49.6 Å². The number of piperazine rings is 1. The highest BCUT2D eigenvalue weighted by Crippen LogP contribution is 2.28. The van der Waals surface area contributed by atoms with E-state index in [1.807, 2.05) is 12.1 Å². The zero-order chi connectivity index (χ0) is 22.3. The van der Waals surface area contributed by atoms with Crippen molar-refractivity contribution in [2.24, 2.45) is 0 Å². The maximum Gasteiger partial charge on any atom is 0.303 e. The molecule has 170 valence electrons. The van der Waals surface area contributed by atoms with Crippen LogP contribution in [0.25, 0.3) is 10.9 Å². The van der Waals surface area contributed by atoms with Crippen molar-refractivity contribution < 1.29 is 14.6 Å². The Morgan fingerprint density at radius 1 is 0.969 bits per heavy atom. The molecular formula is C26H33N3O3. The number of nitrogens with zero attached hydrogens (tertiary/aromatic N) is 3. The number of carboxylic acids is 1. The monoisotopic (exact) mass is 435 g/mol. The lowest BCUT2D eigenvalue weighted by molar-refractivity contribution is -0.137. The maximum absolute atomic E-state index is 10.9. The number of aromatic nitrogens is 1. The van der Waals surface area contributed by atoms with E-state index in [-0.39, 0.29) is 6.42 Å². The van der Waals surface area contributed by atoms with Gasteiger partial charge in [0.1, 0.15) is 5.75 Å². The average molecular weight is 436 g/mol. The maximum atomic E-state index is 10.9. The number of anilines is 1. The van der Waals surface area contributed by atoms with E-state index in [1.54, 1.807) is 7.11 Å². The Hall–Kier alpha value is -2.99. The Bertz CT molecular complexity index is 1040. The smallest absolute Gasteiger partial charge is 0.303 e. The molecule has 6 heteroatoms. The minimum absolute atomic E-state index is 0.223. The van der Waals surface area contributed by atoms with E-state index in [2.05, 4.69) is 57.0 Å². The van der Waals surface area contributed by atoms with E-state index in [0.717, 1.165) is 57.9 Å². The van der Waals surface area contributed by atoms with Crippen molar-refractivity contribution in [3.8, 4) is 5.75 Å². The van der Waals surface area contributed by atoms with E-state index >= 15 is 0 Å². The number of aryl methyl sites for hydroxylation is 2. The highest BCUT2D eigenvalue weighted by atomic mass is 16.5. The molecule has 0 amide bonds. The normalized spacial score (nSPS) is 14.7. The third kappa shape index (κ3) is 5.25. The molecule has 6 nitrogen and oxygen atoms in total. The zero-order valence-corrected chi connectivity index (χ0v) is 18.9. The van der Waals surface area contributed by atoms with Gasteiger partial charge in [-0.15, -0.1) is 0 Å². The minimum atomic E-state index is -0.723. The molecule has 0 spiro atoms. The van der Waals surface area contributed by atoms with Crippen molar-refractivity contribution in [3.05, 3.63) is 60.3 Å². The second kappa shape index (κ2) is 10.6. The molecule has 2 heterocycles. The van der Waals surface area contributed by atoms with Gasteiger partial charge in [-0.1, -0.05) is 30.3 Å². The van der Waals surface area contributed by atoms with Crippen LogP contribution in [0.2, 0.25) is 0 Å². The number of carbonyl (C=O) groups is 1. The van der Waals surface area contributed by atoms with E-state index in [0.29, 0.717) is 6.42 Å². The van der Waals surface area contributed by atoms with Gasteiger partial charge in [0.25, 0.3) is 0 Å². The Morgan fingerprint density at radius 2 is 1.72 bits per heavy atom. The summed E-state index contributed by atoms with van der Waals surface area (Å²) in [7, 11) is 1.73. The molecule has 0 bridgehead atoms. The number of carboxylic acid groups (broad SMARTS) is 1. The molecule has 0 saturated carbocycles. The van der Waals surface area contributed by atoms with Crippen molar-refractivity contribution >= 4 is 22.6 Å². The number of aliphatic carboxylic acids is 1. The lowest BCUT2D eigenvalue weighted by Crippen LogP contribution is -2.46. The molecule has 32 heavy (non-hydrogen) atoms. The molecule has 1 N–H and O–H groups in total. The van der Waals surface area contributed by atoms with Crippen LogP contribution in [-0.4, -0.2) is 60.4 Å². The third-order valence-corrected chi connectivity index (χ3v) is 6.38. The summed E-state index contributed by atoms with van der Waals surface area (Å²) < 4.78 is 7.87. The van der Waals surface area contributed by atoms with Crippen molar-refractivity contribution in [1.29, 1.82) is 0 Å². The van der Waals surface area contributed by atoms with Crippen LogP contribution in [0, 0.1) is 0 Å². The minimum Gasteiger partial charge on any atom is -0.495 e. The summed E-state index contributed by atoms with van der Waals surface area (Å²) in [6, 6.07) is 16.7. The number of fused-ring (bicyclic) bond motifs is 1. The summed E-state index contributed by atoms with van der Waals surface area (Å²) in [6.07, 6.45) is 5.04. The number of ether oxygens (including phenoxy) is 1. The molecule has 0 radical (unpaired) electrons. The number of methoxy groups -OCH3 is 1. The standard InChI is InChI=1S/C26H33N3O3/c1-32-25-12-5-4-11-24(25)28-18-16-27(17-19-28)14-7-15-29-20-21(8-6-13-26(30)31)22-9-2-3-10-23(22)29/h2-5,9-12,20H,6-8,13-19H2,1H3,(H,30,31). The number of benzene rings is 2. The predicted octanol–water partition coefficient (Wildman–Crippen LogP) is 4.27. The fourth-order valence-corrected chi connectivity index (χ4v) is 4.71. The second-order valence-corrected chi connectivity index (χ2v) is 8.47. The van der Waals surface area contributed by atoms with Crippen LogP contribution >= 0.6 is 0 Å². The molecule has 1 aliphatic rings. The quantitative estimate of drug-likeness (QED) is 0.515. The first-order valence-corrected chi connectivity index (χ1v) is 11.5. The molecule has 1 aromatic heterocycles. The molecule has 3 aromatic rings. The summed E-state index contributed by atoms with van der Waals surface area (Å²) in [5.41, 5.74) is 3.69. The van der Waals surface area contributed by atoms with E-state index in [4.69, 9.17) is 9.84 Å². The van der Waals surface area contributed by atoms with Gasteiger partial charge < -0.3 is 19.3 Å². The van der Waals surface area contributed by atoms with Crippen molar-refractivity contribution in [2.75, 3.05) is 44.7 Å². The molecule has 0 atom stereocenters. The first-order valence-electron chi connectivity index (χ1n) is 11.5. The Balaban J connectivity index is 1.30. The van der Waals surface area contributed by atoms with Crippen LogP contribution in [-0.2, 0) is 17.8 Å². The first-order chi connectivity index (χ1) is 15.7. The molecular weight excluding hydrogens is 402 g/mol. The van der Waals surface area contributed by atoms with Crippen molar-refractivity contribution in [3.63, 3.8) is 0 Å². The van der Waals surface area contributed by atoms with Gasteiger partial charge >= 0.3 is 5.97 Å². The molecule has 0 aliphatic carbocycles. The molecule has 2 aromatic carbocycles. The van der Waals surface area contributed by atoms with Crippen LogP contribution < -0.4 is 9.64 Å². The summed E-state index contributed by atoms with van der Waals surface area (Å²) >= 11 is 0. The summed E-state index contributed by atoms with van der Waals surface area (Å²) in [5, 5.41) is 10.2. The van der Waals surface area contributed by atoms with Gasteiger partial charge in [0.15, 0.2) is 0 Å². The van der Waals surface area contributed by atoms with Crippen LogP contribution in [0.1, 0.15) is 24.8 Å². The fourth-order valence-electron chi connectivity index (χ4n) is 4.71. The number of para-hydroxylation sites is 3. The van der Waals surface area contributed by atoms with Crippen LogP contribution in [0.5, 0.6) is 5.75 Å². The van der Waals surface area contributed by atoms with Gasteiger partial charge in [0.05, 0.1) is 12.8 Å². The predicted molar refractivity (Wildman–Crippen MR) is 129 cm³/mol. The Kier molecular flexibility index (Phi) is 7.32. The van der Waals surface area contributed by atoms with Gasteiger partial charge in [-0.3, -0.25) is 9.69 Å².